The van der Waals surface area contributed by atoms with E-state index in [0.717, 1.165) is 75.5 Å². The molecule has 1 unspecified atom stereocenters. The topological polar surface area (TPSA) is 67.8 Å². The molecule has 0 radical (unpaired) electrons. The van der Waals surface area contributed by atoms with Gasteiger partial charge in [-0.15, -0.1) is 6.58 Å². The summed E-state index contributed by atoms with van der Waals surface area (Å²) in [5.74, 6) is 0.373. The summed E-state index contributed by atoms with van der Waals surface area (Å²) >= 11 is 0. The highest BCUT2D eigenvalue weighted by Crippen LogP contribution is 2.17. The van der Waals surface area contributed by atoms with Gasteiger partial charge in [0.25, 0.3) is 5.91 Å². The molecule has 2 aromatic rings. The third kappa shape index (κ3) is 8.31. The van der Waals surface area contributed by atoms with Crippen LogP contribution in [0.5, 0.6) is 5.75 Å². The lowest BCUT2D eigenvalue weighted by molar-refractivity contribution is 0.0766. The van der Waals surface area contributed by atoms with Crippen molar-refractivity contribution in [2.75, 3.05) is 52.4 Å². The fraction of sp³-hybridized carbons (Fsp3) is 0.444. The maximum atomic E-state index is 12.7. The van der Waals surface area contributed by atoms with E-state index in [9.17, 15) is 9.90 Å². The molecule has 0 aromatic heterocycles. The van der Waals surface area contributed by atoms with E-state index in [4.69, 9.17) is 0 Å². The lowest BCUT2D eigenvalue weighted by Crippen LogP contribution is -2.49. The van der Waals surface area contributed by atoms with Crippen LogP contribution in [0.2, 0.25) is 0 Å². The summed E-state index contributed by atoms with van der Waals surface area (Å²) in [5.41, 5.74) is 2.85. The van der Waals surface area contributed by atoms with Crippen LogP contribution in [0.3, 0.4) is 0 Å². The zero-order valence-electron chi connectivity index (χ0n) is 19.8. The lowest BCUT2D eigenvalue weighted by Gasteiger charge is -2.30. The van der Waals surface area contributed by atoms with Gasteiger partial charge in [0.05, 0.1) is 0 Å². The fourth-order valence-electron chi connectivity index (χ4n) is 4.31. The zero-order chi connectivity index (χ0) is 23.5. The van der Waals surface area contributed by atoms with E-state index in [1.807, 2.05) is 47.4 Å². The molecule has 1 atom stereocenters. The summed E-state index contributed by atoms with van der Waals surface area (Å²) in [5, 5.41) is 16.3. The molecule has 178 valence electrons. The second kappa shape index (κ2) is 13.1. The largest absolute Gasteiger partial charge is 0.508 e. The van der Waals surface area contributed by atoms with E-state index in [0.29, 0.717) is 12.5 Å². The van der Waals surface area contributed by atoms with E-state index >= 15 is 0 Å². The normalized spacial score (nSPS) is 19.2. The third-order valence-corrected chi connectivity index (χ3v) is 5.96. The molecule has 0 aliphatic carbocycles. The van der Waals surface area contributed by atoms with Gasteiger partial charge in [0.1, 0.15) is 5.75 Å². The average molecular weight is 451 g/mol. The molecule has 6 heteroatoms. The first kappa shape index (κ1) is 25.0. The number of amides is 1. The predicted molar refractivity (Wildman–Crippen MR) is 135 cm³/mol. The minimum absolute atomic E-state index is 0.103. The Hall–Kier alpha value is -2.67. The van der Waals surface area contributed by atoms with E-state index in [2.05, 4.69) is 29.0 Å². The summed E-state index contributed by atoms with van der Waals surface area (Å²) in [4.78, 5) is 17.0. The first-order valence-electron chi connectivity index (χ1n) is 12.0. The van der Waals surface area contributed by atoms with Crippen molar-refractivity contribution in [3.63, 3.8) is 0 Å². The van der Waals surface area contributed by atoms with Crippen LogP contribution in [0, 0.1) is 0 Å². The summed E-state index contributed by atoms with van der Waals surface area (Å²) in [7, 11) is 0. The summed E-state index contributed by atoms with van der Waals surface area (Å²) in [6.07, 6.45) is 3.67. The van der Waals surface area contributed by atoms with Crippen LogP contribution >= 0.6 is 0 Å². The van der Waals surface area contributed by atoms with Crippen molar-refractivity contribution in [2.45, 2.75) is 25.8 Å². The van der Waals surface area contributed by atoms with Gasteiger partial charge in [-0.2, -0.15) is 0 Å². The Bertz CT molecular complexity index is 893. The number of carbonyl (C=O) groups is 1. The van der Waals surface area contributed by atoms with E-state index < -0.39 is 0 Å². The molecule has 2 aromatic carbocycles. The Kier molecular flexibility index (Phi) is 9.94. The summed E-state index contributed by atoms with van der Waals surface area (Å²) in [6, 6.07) is 15.7. The highest BCUT2D eigenvalue weighted by molar-refractivity contribution is 5.94. The van der Waals surface area contributed by atoms with Gasteiger partial charge in [0.15, 0.2) is 0 Å². The van der Waals surface area contributed by atoms with Crippen LogP contribution in [0.4, 0.5) is 0 Å². The molecule has 0 bridgehead atoms. The second-order valence-electron chi connectivity index (χ2n) is 8.85. The number of nitrogens with one attached hydrogen (secondary N) is 2. The Morgan fingerprint density at radius 2 is 1.88 bits per heavy atom. The Morgan fingerprint density at radius 1 is 1.09 bits per heavy atom. The molecule has 0 saturated carbocycles. The van der Waals surface area contributed by atoms with Crippen molar-refractivity contribution < 1.29 is 9.90 Å². The van der Waals surface area contributed by atoms with E-state index in [1.54, 1.807) is 12.1 Å². The first-order valence-corrected chi connectivity index (χ1v) is 12.0. The van der Waals surface area contributed by atoms with E-state index in [1.165, 1.54) is 0 Å². The number of benzene rings is 2. The van der Waals surface area contributed by atoms with Crippen LogP contribution in [-0.2, 0) is 6.42 Å². The number of carbonyl (C=O) groups excluding carboxylic acids is 1. The quantitative estimate of drug-likeness (QED) is 0.612. The summed E-state index contributed by atoms with van der Waals surface area (Å²) in [6.45, 7) is 13.8. The number of hydrogen-bond donors (Lipinski definition) is 3. The first-order chi connectivity index (χ1) is 16.0. The van der Waals surface area contributed by atoms with Gasteiger partial charge >= 0.3 is 0 Å². The third-order valence-electron chi connectivity index (χ3n) is 5.96. The smallest absolute Gasteiger partial charge is 0.253 e. The molecular weight excluding hydrogens is 412 g/mol. The predicted octanol–water partition coefficient (Wildman–Crippen LogP) is 2.88. The van der Waals surface area contributed by atoms with Crippen LogP contribution < -0.4 is 10.6 Å². The molecule has 33 heavy (non-hydrogen) atoms. The van der Waals surface area contributed by atoms with E-state index in [-0.39, 0.29) is 11.7 Å². The number of piperazine rings is 1. The molecular formula is C27H38N4O2. The van der Waals surface area contributed by atoms with Crippen molar-refractivity contribution in [2.24, 2.45) is 0 Å². The standard InChI is InChI=1S/C19H22N2O2.C8H16N2/c22-18-7-2-5-16(14-18)12-15-4-1-6-17(13-15)19(23)21-10-3-8-20-9-11-21;1-3-5-10-6-4-9-8(2)7-10/h1-2,4-7,13-14,20,22H,3,8-12H2;3,8-9H,1,4-7H2,2H3. The molecule has 6 nitrogen and oxygen atoms in total. The van der Waals surface area contributed by atoms with Gasteiger partial charge < -0.3 is 20.6 Å². The van der Waals surface area contributed by atoms with Gasteiger partial charge in [0.2, 0.25) is 0 Å². The van der Waals surface area contributed by atoms with Crippen LogP contribution in [0.15, 0.2) is 61.2 Å². The fourth-order valence-corrected chi connectivity index (χ4v) is 4.31. The minimum atomic E-state index is 0.103. The van der Waals surface area contributed by atoms with Gasteiger partial charge in [-0.1, -0.05) is 30.3 Å². The molecule has 1 amide bonds. The number of rotatable bonds is 5. The average Bonchev–Trinajstić information content (AvgIpc) is 3.09. The molecule has 0 spiro atoms. The highest BCUT2D eigenvalue weighted by atomic mass is 16.3. The summed E-state index contributed by atoms with van der Waals surface area (Å²) < 4.78 is 0. The van der Waals surface area contributed by atoms with Gasteiger partial charge in [-0.05, 0) is 61.7 Å². The van der Waals surface area contributed by atoms with Crippen molar-refractivity contribution in [1.29, 1.82) is 0 Å². The monoisotopic (exact) mass is 450 g/mol. The van der Waals surface area contributed by atoms with Gasteiger partial charge in [0, 0.05) is 57.4 Å². The van der Waals surface area contributed by atoms with Crippen molar-refractivity contribution in [3.05, 3.63) is 77.9 Å². The van der Waals surface area contributed by atoms with Crippen LogP contribution in [-0.4, -0.2) is 79.2 Å². The molecule has 2 heterocycles. The number of aromatic hydroxyl groups is 1. The van der Waals surface area contributed by atoms with Crippen molar-refractivity contribution >= 4 is 5.91 Å². The van der Waals surface area contributed by atoms with Gasteiger partial charge in [-0.25, -0.2) is 0 Å². The molecule has 2 aliphatic rings. The SMILES string of the molecule is C=CCN1CCNC(C)C1.O=C(c1cccc(Cc2cccc(O)c2)c1)N1CCCNCC1. The maximum absolute atomic E-state index is 12.7. The Balaban J connectivity index is 0.000000257. The highest BCUT2D eigenvalue weighted by Gasteiger charge is 2.17. The number of nitrogens with zero attached hydrogens (tertiary/aromatic N) is 2. The lowest BCUT2D eigenvalue weighted by atomic mass is 10.0. The molecule has 2 fully saturated rings. The molecule has 2 saturated heterocycles. The molecule has 4 rings (SSSR count). The Labute approximate surface area is 198 Å². The Morgan fingerprint density at radius 3 is 2.64 bits per heavy atom. The minimum Gasteiger partial charge on any atom is -0.508 e. The van der Waals surface area contributed by atoms with Crippen molar-refractivity contribution in [3.8, 4) is 5.75 Å². The van der Waals surface area contributed by atoms with Crippen LogP contribution in [0.25, 0.3) is 0 Å². The van der Waals surface area contributed by atoms with Crippen LogP contribution in [0.1, 0.15) is 34.8 Å². The zero-order valence-corrected chi connectivity index (χ0v) is 19.8. The molecule has 2 aliphatic heterocycles. The second-order valence-corrected chi connectivity index (χ2v) is 8.85. The number of phenols is 1. The number of phenolic OH excluding ortho intramolecular Hbond substituents is 1. The van der Waals surface area contributed by atoms with Gasteiger partial charge in [-0.3, -0.25) is 9.69 Å². The van der Waals surface area contributed by atoms with Crippen molar-refractivity contribution in [1.82, 2.24) is 20.4 Å². The molecule has 3 N–H and O–H groups in total. The maximum Gasteiger partial charge on any atom is 0.253 e. The number of hydrogen-bond acceptors (Lipinski definition) is 5.